The van der Waals surface area contributed by atoms with Gasteiger partial charge >= 0.3 is 0 Å². The highest BCUT2D eigenvalue weighted by molar-refractivity contribution is 5.94. The van der Waals surface area contributed by atoms with Crippen molar-refractivity contribution >= 4 is 10.8 Å². The third-order valence-electron chi connectivity index (χ3n) is 5.99. The number of hydrogen-bond acceptors (Lipinski definition) is 0. The summed E-state index contributed by atoms with van der Waals surface area (Å²) in [6.45, 7) is 15.5. The summed E-state index contributed by atoms with van der Waals surface area (Å²) in [6.07, 6.45) is 1.11. The fraction of sp³-hybridized carbons (Fsp3) is 0.423. The molecule has 1 atom stereocenters. The van der Waals surface area contributed by atoms with Crippen LogP contribution >= 0.6 is 0 Å². The van der Waals surface area contributed by atoms with E-state index in [4.69, 9.17) is 1.37 Å². The standard InChI is InChI=1S/C26H34N/c1-9-17(2)20-11-13-23-21(15-20)14-19(4)27(8)25(23)24-16-22(26(5,6)7)12-10-18(24)3/h10-17H,9H2,1-8H3/q+1/i14D. The third-order valence-corrected chi connectivity index (χ3v) is 5.99. The van der Waals surface area contributed by atoms with Crippen LogP contribution in [0.2, 0.25) is 0 Å². The van der Waals surface area contributed by atoms with Crippen molar-refractivity contribution in [3.05, 3.63) is 64.8 Å². The van der Waals surface area contributed by atoms with Crippen LogP contribution in [-0.2, 0) is 12.5 Å². The molecular weight excluding hydrogens is 326 g/mol. The van der Waals surface area contributed by atoms with Crippen LogP contribution in [0.25, 0.3) is 22.0 Å². The fourth-order valence-corrected chi connectivity index (χ4v) is 3.71. The summed E-state index contributed by atoms with van der Waals surface area (Å²) >= 11 is 0. The molecule has 1 nitrogen and oxygen atoms in total. The minimum atomic E-state index is 0.102. The number of rotatable bonds is 3. The molecule has 0 N–H and O–H groups in total. The average molecular weight is 362 g/mol. The van der Waals surface area contributed by atoms with Crippen molar-refractivity contribution in [1.82, 2.24) is 0 Å². The Balaban J connectivity index is 2.39. The van der Waals surface area contributed by atoms with E-state index >= 15 is 0 Å². The zero-order chi connectivity index (χ0) is 20.8. The van der Waals surface area contributed by atoms with Gasteiger partial charge in [-0.15, -0.1) is 0 Å². The van der Waals surface area contributed by atoms with Gasteiger partial charge in [-0.1, -0.05) is 58.9 Å². The number of pyridine rings is 1. The number of hydrogen-bond donors (Lipinski definition) is 0. The number of fused-ring (bicyclic) bond motifs is 1. The van der Waals surface area contributed by atoms with E-state index in [1.165, 1.54) is 33.3 Å². The van der Waals surface area contributed by atoms with Crippen molar-refractivity contribution < 1.29 is 5.94 Å². The van der Waals surface area contributed by atoms with Crippen LogP contribution in [0.4, 0.5) is 0 Å². The van der Waals surface area contributed by atoms with Crippen LogP contribution in [0.15, 0.2) is 42.4 Å². The molecular formula is C26H34N+. The van der Waals surface area contributed by atoms with Crippen molar-refractivity contribution in [2.24, 2.45) is 7.05 Å². The molecule has 0 fully saturated rings. The first kappa shape index (κ1) is 18.2. The molecule has 142 valence electrons. The van der Waals surface area contributed by atoms with E-state index in [9.17, 15) is 0 Å². The van der Waals surface area contributed by atoms with Crippen LogP contribution in [-0.4, -0.2) is 0 Å². The Morgan fingerprint density at radius 2 is 1.78 bits per heavy atom. The maximum atomic E-state index is 8.76. The van der Waals surface area contributed by atoms with Crippen molar-refractivity contribution in [2.45, 2.75) is 66.2 Å². The zero-order valence-electron chi connectivity index (χ0n) is 19.2. The monoisotopic (exact) mass is 361 g/mol. The fourth-order valence-electron chi connectivity index (χ4n) is 3.71. The van der Waals surface area contributed by atoms with Gasteiger partial charge in [0.1, 0.15) is 7.05 Å². The van der Waals surface area contributed by atoms with Crippen molar-refractivity contribution in [3.8, 4) is 11.3 Å². The van der Waals surface area contributed by atoms with Crippen molar-refractivity contribution in [2.75, 3.05) is 0 Å². The first-order chi connectivity index (χ1) is 13.1. The van der Waals surface area contributed by atoms with Crippen LogP contribution in [0, 0.1) is 13.8 Å². The first-order valence-electron chi connectivity index (χ1n) is 10.6. The van der Waals surface area contributed by atoms with Gasteiger partial charge in [-0.05, 0) is 58.9 Å². The van der Waals surface area contributed by atoms with E-state index in [-0.39, 0.29) is 5.41 Å². The Hall–Kier alpha value is -2.15. The van der Waals surface area contributed by atoms with E-state index in [2.05, 4.69) is 96.5 Å². The van der Waals surface area contributed by atoms with E-state index in [0.29, 0.717) is 12.0 Å². The average Bonchev–Trinajstić information content (AvgIpc) is 2.66. The molecule has 27 heavy (non-hydrogen) atoms. The van der Waals surface area contributed by atoms with Gasteiger partial charge in [0.15, 0.2) is 5.69 Å². The quantitative estimate of drug-likeness (QED) is 0.454. The molecule has 1 heterocycles. The normalized spacial score (nSPS) is 13.7. The summed E-state index contributed by atoms with van der Waals surface area (Å²) in [7, 11) is 2.09. The number of benzene rings is 2. The molecule has 0 aliphatic heterocycles. The topological polar surface area (TPSA) is 3.88 Å². The van der Waals surface area contributed by atoms with Gasteiger partial charge < -0.3 is 0 Å². The lowest BCUT2D eigenvalue weighted by atomic mass is 9.84. The maximum absolute atomic E-state index is 8.76. The highest BCUT2D eigenvalue weighted by atomic mass is 14.9. The van der Waals surface area contributed by atoms with E-state index in [1.807, 2.05) is 0 Å². The summed E-state index contributed by atoms with van der Waals surface area (Å²) in [4.78, 5) is 0. The van der Waals surface area contributed by atoms with Crippen LogP contribution in [0.3, 0.4) is 0 Å². The molecule has 0 radical (unpaired) electrons. The molecule has 3 aromatic rings. The van der Waals surface area contributed by atoms with Gasteiger partial charge in [0.2, 0.25) is 5.69 Å². The second kappa shape index (κ2) is 7.11. The summed E-state index contributed by atoms with van der Waals surface area (Å²) < 4.78 is 11.0. The van der Waals surface area contributed by atoms with Gasteiger partial charge in [-0.25, -0.2) is 0 Å². The SMILES string of the molecule is [2H]c1c(C)[n+](C)c(-c2cc(C(C)(C)C)ccc2C)c2ccc(C(C)CC)cc12. The van der Waals surface area contributed by atoms with Crippen LogP contribution < -0.4 is 4.57 Å². The minimum Gasteiger partial charge on any atom is -0.198 e. The van der Waals surface area contributed by atoms with Crippen LogP contribution in [0.5, 0.6) is 0 Å². The predicted octanol–water partition coefficient (Wildman–Crippen LogP) is 6.76. The molecule has 1 heteroatoms. The number of aryl methyl sites for hydroxylation is 1. The van der Waals surface area contributed by atoms with E-state index in [1.54, 1.807) is 0 Å². The van der Waals surface area contributed by atoms with Gasteiger partial charge in [0.05, 0.1) is 12.3 Å². The summed E-state index contributed by atoms with van der Waals surface area (Å²) in [6, 6.07) is 14.2. The molecule has 0 aliphatic rings. The highest BCUT2D eigenvalue weighted by Gasteiger charge is 2.23. The summed E-state index contributed by atoms with van der Waals surface area (Å²) in [5.74, 6) is 0.507. The Kier molecular flexibility index (Phi) is 4.80. The van der Waals surface area contributed by atoms with E-state index in [0.717, 1.165) is 17.5 Å². The van der Waals surface area contributed by atoms with Gasteiger partial charge in [-0.3, -0.25) is 0 Å². The number of nitrogens with zero attached hydrogens (tertiary/aromatic N) is 1. The van der Waals surface area contributed by atoms with Gasteiger partial charge in [0, 0.05) is 13.0 Å². The van der Waals surface area contributed by atoms with Gasteiger partial charge in [-0.2, -0.15) is 4.57 Å². The lowest BCUT2D eigenvalue weighted by Gasteiger charge is -2.21. The first-order valence-corrected chi connectivity index (χ1v) is 10.1. The Morgan fingerprint density at radius 1 is 1.07 bits per heavy atom. The van der Waals surface area contributed by atoms with Crippen molar-refractivity contribution in [1.29, 1.82) is 0 Å². The highest BCUT2D eigenvalue weighted by Crippen LogP contribution is 2.34. The second-order valence-corrected chi connectivity index (χ2v) is 9.01. The number of aromatic nitrogens is 1. The minimum absolute atomic E-state index is 0.102. The second-order valence-electron chi connectivity index (χ2n) is 9.01. The molecule has 0 amide bonds. The molecule has 0 aliphatic carbocycles. The molecule has 1 aromatic heterocycles. The molecule has 0 bridgehead atoms. The molecule has 3 rings (SSSR count). The van der Waals surface area contributed by atoms with E-state index < -0.39 is 0 Å². The van der Waals surface area contributed by atoms with Crippen molar-refractivity contribution in [3.63, 3.8) is 0 Å². The lowest BCUT2D eigenvalue weighted by Crippen LogP contribution is -2.35. The molecule has 1 unspecified atom stereocenters. The lowest BCUT2D eigenvalue weighted by molar-refractivity contribution is -0.665. The Labute approximate surface area is 166 Å². The van der Waals surface area contributed by atoms with Crippen LogP contribution in [0.1, 0.15) is 70.7 Å². The largest absolute Gasteiger partial charge is 0.220 e. The molecule has 2 aromatic carbocycles. The Morgan fingerprint density at radius 3 is 2.41 bits per heavy atom. The Bertz CT molecular complexity index is 1040. The zero-order valence-corrected chi connectivity index (χ0v) is 18.2. The summed E-state index contributed by atoms with van der Waals surface area (Å²) in [5, 5.41) is 2.23. The molecule has 0 spiro atoms. The van der Waals surface area contributed by atoms with Gasteiger partial charge in [0.25, 0.3) is 0 Å². The third kappa shape index (κ3) is 3.65. The molecule has 0 saturated heterocycles. The molecule has 0 saturated carbocycles. The predicted molar refractivity (Wildman–Crippen MR) is 117 cm³/mol. The summed E-state index contributed by atoms with van der Waals surface area (Å²) in [5.41, 5.74) is 7.51. The maximum Gasteiger partial charge on any atom is 0.220 e. The smallest absolute Gasteiger partial charge is 0.198 e.